The van der Waals surface area contributed by atoms with Crippen molar-refractivity contribution < 1.29 is 5.11 Å². The van der Waals surface area contributed by atoms with E-state index in [0.29, 0.717) is 0 Å². The van der Waals surface area contributed by atoms with Crippen molar-refractivity contribution in [1.82, 2.24) is 15.1 Å². The second-order valence-electron chi connectivity index (χ2n) is 6.53. The van der Waals surface area contributed by atoms with E-state index in [4.69, 9.17) is 0 Å². The van der Waals surface area contributed by atoms with Gasteiger partial charge in [-0.1, -0.05) is 20.8 Å². The monoisotopic (exact) mass is 267 g/mol. The van der Waals surface area contributed by atoms with Crippen molar-refractivity contribution >= 4 is 0 Å². The van der Waals surface area contributed by atoms with Crippen LogP contribution in [0.3, 0.4) is 0 Å². The number of nitrogens with zero attached hydrogens (tertiary/aromatic N) is 2. The molecule has 1 aromatic heterocycles. The normalized spacial score (nSPS) is 15.6. The summed E-state index contributed by atoms with van der Waals surface area (Å²) in [5.74, 6) is 0. The Morgan fingerprint density at radius 2 is 1.89 bits per heavy atom. The molecule has 0 spiro atoms. The van der Waals surface area contributed by atoms with Gasteiger partial charge in [0.1, 0.15) is 0 Å². The average Bonchev–Trinajstić information content (AvgIpc) is 2.51. The minimum Gasteiger partial charge on any atom is -0.396 e. The predicted octanol–water partition coefficient (Wildman–Crippen LogP) is 2.48. The minimum atomic E-state index is 0.126. The highest BCUT2D eigenvalue weighted by Crippen LogP contribution is 2.27. The summed E-state index contributed by atoms with van der Waals surface area (Å²) in [4.78, 5) is 0. The molecule has 1 aromatic rings. The molecule has 0 saturated heterocycles. The standard InChI is InChI=1S/C15H29N3O/c1-10(14-11(2)17-18(7)12(14)3)16-13(8-9-19)15(4,5)6/h10,13,16,19H,8-9H2,1-7H3. The summed E-state index contributed by atoms with van der Waals surface area (Å²) in [5, 5.41) is 17.4. The molecule has 0 amide bonds. The molecular formula is C15H29N3O. The molecule has 0 aliphatic rings. The van der Waals surface area contributed by atoms with Crippen LogP contribution in [0.5, 0.6) is 0 Å². The Labute approximate surface area is 117 Å². The number of aliphatic hydroxyl groups is 1. The highest BCUT2D eigenvalue weighted by molar-refractivity contribution is 5.27. The summed E-state index contributed by atoms with van der Waals surface area (Å²) in [5.41, 5.74) is 3.68. The van der Waals surface area contributed by atoms with E-state index in [1.807, 2.05) is 11.7 Å². The van der Waals surface area contributed by atoms with Crippen LogP contribution >= 0.6 is 0 Å². The Hall–Kier alpha value is -0.870. The lowest BCUT2D eigenvalue weighted by Crippen LogP contribution is -2.42. The summed E-state index contributed by atoms with van der Waals surface area (Å²) >= 11 is 0. The number of aliphatic hydroxyl groups excluding tert-OH is 1. The third-order valence-electron chi connectivity index (χ3n) is 3.91. The maximum absolute atomic E-state index is 9.24. The molecule has 2 N–H and O–H groups in total. The number of rotatable bonds is 5. The van der Waals surface area contributed by atoms with Gasteiger partial charge < -0.3 is 10.4 Å². The molecule has 0 fully saturated rings. The molecule has 2 unspecified atom stereocenters. The highest BCUT2D eigenvalue weighted by Gasteiger charge is 2.27. The summed E-state index contributed by atoms with van der Waals surface area (Å²) < 4.78 is 1.93. The predicted molar refractivity (Wildman–Crippen MR) is 79.2 cm³/mol. The van der Waals surface area contributed by atoms with Crippen LogP contribution in [0, 0.1) is 19.3 Å². The Bertz CT molecular complexity index is 418. The molecule has 110 valence electrons. The van der Waals surface area contributed by atoms with E-state index in [1.54, 1.807) is 0 Å². The van der Waals surface area contributed by atoms with Gasteiger partial charge in [-0.3, -0.25) is 4.68 Å². The summed E-state index contributed by atoms with van der Waals surface area (Å²) in [7, 11) is 1.98. The van der Waals surface area contributed by atoms with Gasteiger partial charge in [-0.05, 0) is 32.6 Å². The molecule has 4 heteroatoms. The number of aromatic nitrogens is 2. The second kappa shape index (κ2) is 6.06. The lowest BCUT2D eigenvalue weighted by atomic mass is 9.84. The molecular weight excluding hydrogens is 238 g/mol. The number of nitrogens with one attached hydrogen (secondary N) is 1. The number of aryl methyl sites for hydroxylation is 2. The summed E-state index contributed by atoms with van der Waals surface area (Å²) in [6.07, 6.45) is 0.770. The Morgan fingerprint density at radius 1 is 1.32 bits per heavy atom. The summed E-state index contributed by atoms with van der Waals surface area (Å²) in [6, 6.07) is 0.524. The molecule has 1 heterocycles. The molecule has 0 aliphatic heterocycles. The van der Waals surface area contributed by atoms with Crippen LogP contribution in [0.25, 0.3) is 0 Å². The van der Waals surface area contributed by atoms with E-state index in [-0.39, 0.29) is 24.1 Å². The largest absolute Gasteiger partial charge is 0.396 e. The fraction of sp³-hybridized carbons (Fsp3) is 0.800. The molecule has 0 aliphatic carbocycles. The molecule has 0 bridgehead atoms. The van der Waals surface area contributed by atoms with Gasteiger partial charge in [0.15, 0.2) is 0 Å². The zero-order valence-electron chi connectivity index (χ0n) is 13.4. The average molecular weight is 267 g/mol. The van der Waals surface area contributed by atoms with Crippen molar-refractivity contribution in [2.45, 2.75) is 60.0 Å². The molecule has 0 radical (unpaired) electrons. The highest BCUT2D eigenvalue weighted by atomic mass is 16.3. The van der Waals surface area contributed by atoms with Gasteiger partial charge in [-0.25, -0.2) is 0 Å². The minimum absolute atomic E-state index is 0.126. The second-order valence-corrected chi connectivity index (χ2v) is 6.53. The van der Waals surface area contributed by atoms with Gasteiger partial charge >= 0.3 is 0 Å². The van der Waals surface area contributed by atoms with E-state index >= 15 is 0 Å². The van der Waals surface area contributed by atoms with Gasteiger partial charge in [0.2, 0.25) is 0 Å². The van der Waals surface area contributed by atoms with Crippen LogP contribution in [0.1, 0.15) is 57.1 Å². The first-order valence-corrected chi connectivity index (χ1v) is 7.05. The molecule has 19 heavy (non-hydrogen) atoms. The fourth-order valence-electron chi connectivity index (χ4n) is 2.70. The van der Waals surface area contributed by atoms with Crippen molar-refractivity contribution in [3.05, 3.63) is 17.0 Å². The van der Waals surface area contributed by atoms with E-state index < -0.39 is 0 Å². The zero-order chi connectivity index (χ0) is 14.8. The maximum Gasteiger partial charge on any atom is 0.0644 e. The topological polar surface area (TPSA) is 50.1 Å². The third-order valence-corrected chi connectivity index (χ3v) is 3.91. The molecule has 4 nitrogen and oxygen atoms in total. The van der Waals surface area contributed by atoms with E-state index in [2.05, 4.69) is 52.0 Å². The Kier molecular flexibility index (Phi) is 5.16. The first-order chi connectivity index (χ1) is 8.68. The zero-order valence-corrected chi connectivity index (χ0v) is 13.4. The van der Waals surface area contributed by atoms with Crippen LogP contribution in [-0.4, -0.2) is 27.5 Å². The van der Waals surface area contributed by atoms with Crippen molar-refractivity contribution in [1.29, 1.82) is 0 Å². The van der Waals surface area contributed by atoms with Gasteiger partial charge in [0.05, 0.1) is 5.69 Å². The van der Waals surface area contributed by atoms with Gasteiger partial charge in [0, 0.05) is 37.0 Å². The van der Waals surface area contributed by atoms with Crippen LogP contribution < -0.4 is 5.32 Å². The van der Waals surface area contributed by atoms with Crippen molar-refractivity contribution in [2.75, 3.05) is 6.61 Å². The van der Waals surface area contributed by atoms with Crippen LogP contribution in [0.15, 0.2) is 0 Å². The molecule has 0 saturated carbocycles. The lowest BCUT2D eigenvalue weighted by molar-refractivity contribution is 0.187. The van der Waals surface area contributed by atoms with Crippen LogP contribution in [0.4, 0.5) is 0 Å². The fourth-order valence-corrected chi connectivity index (χ4v) is 2.70. The Balaban J connectivity index is 2.91. The molecule has 1 rings (SSSR count). The number of hydrogen-bond donors (Lipinski definition) is 2. The van der Waals surface area contributed by atoms with Crippen LogP contribution in [-0.2, 0) is 7.05 Å². The third kappa shape index (κ3) is 3.80. The lowest BCUT2D eigenvalue weighted by Gasteiger charge is -2.34. The molecule has 0 aromatic carbocycles. The maximum atomic E-state index is 9.24. The first-order valence-electron chi connectivity index (χ1n) is 7.05. The number of hydrogen-bond acceptors (Lipinski definition) is 3. The SMILES string of the molecule is Cc1nn(C)c(C)c1C(C)NC(CCO)C(C)(C)C. The van der Waals surface area contributed by atoms with Gasteiger partial charge in [-0.15, -0.1) is 0 Å². The summed E-state index contributed by atoms with van der Waals surface area (Å²) in [6.45, 7) is 13.2. The van der Waals surface area contributed by atoms with Crippen molar-refractivity contribution in [2.24, 2.45) is 12.5 Å². The van der Waals surface area contributed by atoms with E-state index in [9.17, 15) is 5.11 Å². The molecule has 2 atom stereocenters. The van der Waals surface area contributed by atoms with Gasteiger partial charge in [-0.2, -0.15) is 5.10 Å². The van der Waals surface area contributed by atoms with Crippen LogP contribution in [0.2, 0.25) is 0 Å². The first kappa shape index (κ1) is 16.2. The smallest absolute Gasteiger partial charge is 0.0644 e. The van der Waals surface area contributed by atoms with Crippen molar-refractivity contribution in [3.8, 4) is 0 Å². The Morgan fingerprint density at radius 3 is 2.26 bits per heavy atom. The quantitative estimate of drug-likeness (QED) is 0.861. The van der Waals surface area contributed by atoms with E-state index in [1.165, 1.54) is 11.3 Å². The van der Waals surface area contributed by atoms with Crippen molar-refractivity contribution in [3.63, 3.8) is 0 Å². The van der Waals surface area contributed by atoms with Gasteiger partial charge in [0.25, 0.3) is 0 Å². The van der Waals surface area contributed by atoms with E-state index in [0.717, 1.165) is 12.1 Å².